The molecule has 0 heterocycles. The maximum Gasteiger partial charge on any atom is 0.244 e. The molecule has 3 N–H and O–H groups in total. The van der Waals surface area contributed by atoms with Crippen LogP contribution in [0.4, 0.5) is 14.5 Å². The zero-order chi connectivity index (χ0) is 15.6. The number of benzene rings is 2. The van der Waals surface area contributed by atoms with Crippen LogP contribution in [0.3, 0.4) is 0 Å². The monoisotopic (exact) mass is 332 g/mol. The highest BCUT2D eigenvalue weighted by Crippen LogP contribution is 2.27. The summed E-state index contributed by atoms with van der Waals surface area (Å²) in [5.41, 5.74) is 5.44. The quantitative estimate of drug-likeness (QED) is 0.845. The Hall–Kier alpha value is -1.70. The lowest BCUT2D eigenvalue weighted by Crippen LogP contribution is -2.25. The van der Waals surface area contributed by atoms with E-state index in [1.807, 2.05) is 0 Å². The molecular weight excluding hydrogens is 322 g/mol. The summed E-state index contributed by atoms with van der Waals surface area (Å²) < 4.78 is 52.9. The molecule has 0 aliphatic rings. The molecule has 0 aliphatic heterocycles. The molecule has 0 amide bonds. The summed E-state index contributed by atoms with van der Waals surface area (Å²) >= 11 is 5.82. The van der Waals surface area contributed by atoms with Gasteiger partial charge in [-0.25, -0.2) is 21.9 Å². The zero-order valence-electron chi connectivity index (χ0n) is 10.6. The molecule has 0 radical (unpaired) electrons. The van der Waals surface area contributed by atoms with Gasteiger partial charge in [-0.05, 0) is 30.3 Å². The Kier molecular flexibility index (Phi) is 4.46. The Morgan fingerprint density at radius 1 is 1.19 bits per heavy atom. The largest absolute Gasteiger partial charge is 0.398 e. The SMILES string of the molecule is Nc1cccc(Cl)c1S(=O)(=O)NCc1cc(F)ccc1F. The summed E-state index contributed by atoms with van der Waals surface area (Å²) in [6.07, 6.45) is 0. The highest BCUT2D eigenvalue weighted by Gasteiger charge is 2.21. The summed E-state index contributed by atoms with van der Waals surface area (Å²) in [4.78, 5) is -0.288. The highest BCUT2D eigenvalue weighted by atomic mass is 35.5. The van der Waals surface area contributed by atoms with Gasteiger partial charge in [-0.15, -0.1) is 0 Å². The van der Waals surface area contributed by atoms with Crippen LogP contribution in [0.1, 0.15) is 5.56 Å². The van der Waals surface area contributed by atoms with E-state index >= 15 is 0 Å². The van der Waals surface area contributed by atoms with Crippen LogP contribution in [0, 0.1) is 11.6 Å². The Morgan fingerprint density at radius 2 is 1.90 bits per heavy atom. The molecule has 2 aromatic rings. The van der Waals surface area contributed by atoms with Crippen LogP contribution in [-0.4, -0.2) is 8.42 Å². The van der Waals surface area contributed by atoms with Crippen molar-refractivity contribution < 1.29 is 17.2 Å². The van der Waals surface area contributed by atoms with E-state index in [0.29, 0.717) is 0 Å². The van der Waals surface area contributed by atoms with Crippen LogP contribution in [0.25, 0.3) is 0 Å². The van der Waals surface area contributed by atoms with Crippen LogP contribution in [-0.2, 0) is 16.6 Å². The van der Waals surface area contributed by atoms with E-state index in [0.717, 1.165) is 18.2 Å². The lowest BCUT2D eigenvalue weighted by atomic mass is 10.2. The first-order chi connectivity index (χ1) is 9.81. The van der Waals surface area contributed by atoms with Crippen molar-refractivity contribution in [1.82, 2.24) is 4.72 Å². The maximum absolute atomic E-state index is 13.5. The van der Waals surface area contributed by atoms with E-state index in [2.05, 4.69) is 4.72 Å². The van der Waals surface area contributed by atoms with Crippen molar-refractivity contribution >= 4 is 27.3 Å². The summed E-state index contributed by atoms with van der Waals surface area (Å²) in [7, 11) is -4.05. The number of nitrogens with two attached hydrogens (primary N) is 1. The third-order valence-corrected chi connectivity index (χ3v) is 4.67. The van der Waals surface area contributed by atoms with E-state index in [-0.39, 0.29) is 21.2 Å². The van der Waals surface area contributed by atoms with Crippen molar-refractivity contribution in [3.63, 3.8) is 0 Å². The van der Waals surface area contributed by atoms with Crippen molar-refractivity contribution in [2.45, 2.75) is 11.4 Å². The molecule has 0 fully saturated rings. The molecule has 8 heteroatoms. The van der Waals surface area contributed by atoms with Crippen molar-refractivity contribution in [3.05, 3.63) is 58.6 Å². The first kappa shape index (κ1) is 15.7. The highest BCUT2D eigenvalue weighted by molar-refractivity contribution is 7.89. The molecule has 0 unspecified atom stereocenters. The summed E-state index contributed by atoms with van der Waals surface area (Å²) in [6.45, 7) is -0.420. The number of anilines is 1. The predicted octanol–water partition coefficient (Wildman–Crippen LogP) is 2.68. The average molecular weight is 333 g/mol. The number of nitrogens with one attached hydrogen (secondary N) is 1. The normalized spacial score (nSPS) is 11.6. The van der Waals surface area contributed by atoms with Crippen molar-refractivity contribution in [2.75, 3.05) is 5.73 Å². The smallest absolute Gasteiger partial charge is 0.244 e. The Bertz CT molecular complexity index is 761. The van der Waals surface area contributed by atoms with Crippen LogP contribution < -0.4 is 10.5 Å². The van der Waals surface area contributed by atoms with Gasteiger partial charge in [-0.2, -0.15) is 0 Å². The number of halogens is 3. The average Bonchev–Trinajstić information content (AvgIpc) is 2.39. The van der Waals surface area contributed by atoms with Crippen LogP contribution in [0.2, 0.25) is 5.02 Å². The number of nitrogen functional groups attached to an aromatic ring is 1. The van der Waals surface area contributed by atoms with Gasteiger partial charge in [0.15, 0.2) is 0 Å². The Labute approximate surface area is 125 Å². The lowest BCUT2D eigenvalue weighted by molar-refractivity contribution is 0.567. The van der Waals surface area contributed by atoms with Gasteiger partial charge in [0.1, 0.15) is 16.5 Å². The minimum absolute atomic E-state index is 0.0327. The first-order valence-electron chi connectivity index (χ1n) is 5.79. The number of hydrogen-bond donors (Lipinski definition) is 2. The second kappa shape index (κ2) is 5.97. The number of sulfonamides is 1. The second-order valence-electron chi connectivity index (χ2n) is 4.22. The van der Waals surface area contributed by atoms with Crippen molar-refractivity contribution in [3.8, 4) is 0 Å². The zero-order valence-corrected chi connectivity index (χ0v) is 12.2. The standard InChI is InChI=1S/C13H11ClF2N2O2S/c14-10-2-1-3-12(17)13(10)21(19,20)18-7-8-6-9(15)4-5-11(8)16/h1-6,18H,7,17H2. The van der Waals surface area contributed by atoms with Gasteiger partial charge in [0.05, 0.1) is 10.7 Å². The molecule has 0 saturated heterocycles. The van der Waals surface area contributed by atoms with Crippen molar-refractivity contribution in [2.24, 2.45) is 0 Å². The second-order valence-corrected chi connectivity index (χ2v) is 6.33. The summed E-state index contributed by atoms with van der Waals surface area (Å²) in [5.74, 6) is -1.38. The number of rotatable bonds is 4. The van der Waals surface area contributed by atoms with Crippen molar-refractivity contribution in [1.29, 1.82) is 0 Å². The van der Waals surface area contributed by atoms with E-state index in [4.69, 9.17) is 17.3 Å². The molecule has 21 heavy (non-hydrogen) atoms. The summed E-state index contributed by atoms with van der Waals surface area (Å²) in [6, 6.07) is 7.03. The van der Waals surface area contributed by atoms with Gasteiger partial charge >= 0.3 is 0 Å². The van der Waals surface area contributed by atoms with Gasteiger partial charge in [0, 0.05) is 12.1 Å². The van der Waals surface area contributed by atoms with Gasteiger partial charge in [-0.1, -0.05) is 17.7 Å². The van der Waals surface area contributed by atoms with Gasteiger partial charge in [-0.3, -0.25) is 0 Å². The predicted molar refractivity (Wildman–Crippen MR) is 76.2 cm³/mol. The third kappa shape index (κ3) is 3.49. The van der Waals surface area contributed by atoms with Crippen LogP contribution in [0.5, 0.6) is 0 Å². The van der Waals surface area contributed by atoms with Gasteiger partial charge < -0.3 is 5.73 Å². The van der Waals surface area contributed by atoms with Gasteiger partial charge in [0.25, 0.3) is 0 Å². The van der Waals surface area contributed by atoms with Crippen LogP contribution >= 0.6 is 11.6 Å². The minimum Gasteiger partial charge on any atom is -0.398 e. The van der Waals surface area contributed by atoms with E-state index in [1.165, 1.54) is 18.2 Å². The Morgan fingerprint density at radius 3 is 2.57 bits per heavy atom. The molecule has 0 saturated carbocycles. The third-order valence-electron chi connectivity index (χ3n) is 2.73. The molecular formula is C13H11ClF2N2O2S. The van der Waals surface area contributed by atoms with Gasteiger partial charge in [0.2, 0.25) is 10.0 Å². The van der Waals surface area contributed by atoms with E-state index < -0.39 is 28.2 Å². The topological polar surface area (TPSA) is 72.2 Å². The molecule has 4 nitrogen and oxygen atoms in total. The van der Waals surface area contributed by atoms with E-state index in [9.17, 15) is 17.2 Å². The lowest BCUT2D eigenvalue weighted by Gasteiger charge is -2.11. The molecule has 112 valence electrons. The first-order valence-corrected chi connectivity index (χ1v) is 7.65. The fourth-order valence-electron chi connectivity index (χ4n) is 1.73. The summed E-state index contributed by atoms with van der Waals surface area (Å²) in [5, 5.41) is -0.0535. The fraction of sp³-hybridized carbons (Fsp3) is 0.0769. The molecule has 0 spiro atoms. The minimum atomic E-state index is -4.05. The molecule has 0 bridgehead atoms. The Balaban J connectivity index is 2.28. The maximum atomic E-state index is 13.5. The molecule has 2 rings (SSSR count). The number of hydrogen-bond acceptors (Lipinski definition) is 3. The molecule has 2 aromatic carbocycles. The molecule has 0 aromatic heterocycles. The molecule has 0 aliphatic carbocycles. The van der Waals surface area contributed by atoms with Crippen LogP contribution in [0.15, 0.2) is 41.3 Å². The van der Waals surface area contributed by atoms with E-state index in [1.54, 1.807) is 0 Å². The fourth-order valence-corrected chi connectivity index (χ4v) is 3.41. The molecule has 0 atom stereocenters.